The van der Waals surface area contributed by atoms with Crippen LogP contribution in [0.2, 0.25) is 0 Å². The summed E-state index contributed by atoms with van der Waals surface area (Å²) in [6.07, 6.45) is 1.78. The molecule has 0 unspecified atom stereocenters. The van der Waals surface area contributed by atoms with E-state index in [2.05, 4.69) is 4.90 Å². The number of rotatable bonds is 3. The van der Waals surface area contributed by atoms with Crippen LogP contribution in [0.1, 0.15) is 31.9 Å². The van der Waals surface area contributed by atoms with Crippen LogP contribution in [0, 0.1) is 12.7 Å². The molecule has 0 amide bonds. The lowest BCUT2D eigenvalue weighted by Crippen LogP contribution is -2.32. The Hall–Kier alpha value is -2.96. The molecule has 6 heteroatoms. The number of hydrogen-bond donors (Lipinski definition) is 0. The number of carbonyl (C=O) groups is 1. The van der Waals surface area contributed by atoms with Crippen molar-refractivity contribution in [3.05, 3.63) is 86.6 Å². The highest BCUT2D eigenvalue weighted by Gasteiger charge is 2.33. The Kier molecular flexibility index (Phi) is 4.45. The van der Waals surface area contributed by atoms with E-state index in [9.17, 15) is 9.18 Å². The van der Waals surface area contributed by atoms with Crippen LogP contribution in [0.15, 0.2) is 53.6 Å². The van der Waals surface area contributed by atoms with Crippen molar-refractivity contribution in [3.8, 4) is 11.5 Å². The number of allylic oxidation sites excluding steroid dienone is 1. The van der Waals surface area contributed by atoms with E-state index in [1.165, 1.54) is 12.1 Å². The van der Waals surface area contributed by atoms with Crippen LogP contribution >= 0.6 is 11.3 Å². The molecular weight excluding hydrogens is 389 g/mol. The zero-order chi connectivity index (χ0) is 20.0. The Balaban J connectivity index is 1.42. The van der Waals surface area contributed by atoms with Crippen LogP contribution in [-0.2, 0) is 13.1 Å². The summed E-state index contributed by atoms with van der Waals surface area (Å²) in [6, 6.07) is 12.2. The molecule has 2 aliphatic rings. The largest absolute Gasteiger partial charge is 0.477 e. The fraction of sp³-hybridized carbons (Fsp3) is 0.174. The first-order valence-corrected chi connectivity index (χ1v) is 10.2. The summed E-state index contributed by atoms with van der Waals surface area (Å²) in [5, 5.41) is 1.96. The van der Waals surface area contributed by atoms with E-state index in [0.717, 1.165) is 27.3 Å². The van der Waals surface area contributed by atoms with Crippen molar-refractivity contribution in [1.29, 1.82) is 0 Å². The van der Waals surface area contributed by atoms with Gasteiger partial charge in [-0.05, 0) is 42.1 Å². The zero-order valence-electron chi connectivity index (χ0n) is 15.8. The molecular formula is C23H18FNO3S. The number of hydrogen-bond acceptors (Lipinski definition) is 5. The van der Waals surface area contributed by atoms with E-state index >= 15 is 0 Å². The first kappa shape index (κ1) is 18.1. The summed E-state index contributed by atoms with van der Waals surface area (Å²) >= 11 is 1.56. The summed E-state index contributed by atoms with van der Waals surface area (Å²) in [6.45, 7) is 3.65. The van der Waals surface area contributed by atoms with Crippen molar-refractivity contribution >= 4 is 23.2 Å². The maximum atomic E-state index is 13.1. The molecule has 4 nitrogen and oxygen atoms in total. The summed E-state index contributed by atoms with van der Waals surface area (Å²) in [7, 11) is 0. The number of halogens is 1. The number of ether oxygens (including phenoxy) is 2. The fourth-order valence-corrected chi connectivity index (χ4v) is 4.39. The van der Waals surface area contributed by atoms with Crippen LogP contribution in [-0.4, -0.2) is 17.4 Å². The second kappa shape index (κ2) is 7.13. The smallest absolute Gasteiger partial charge is 0.232 e. The normalized spacial score (nSPS) is 17.0. The van der Waals surface area contributed by atoms with Gasteiger partial charge in [0.1, 0.15) is 24.0 Å². The number of thiophene rings is 1. The maximum Gasteiger partial charge on any atom is 0.232 e. The quantitative estimate of drug-likeness (QED) is 0.562. The highest BCUT2D eigenvalue weighted by molar-refractivity contribution is 7.10. The Morgan fingerprint density at radius 3 is 2.79 bits per heavy atom. The average Bonchev–Trinajstić information content (AvgIpc) is 3.33. The molecule has 0 N–H and O–H groups in total. The lowest BCUT2D eigenvalue weighted by atomic mass is 10.00. The number of Topliss-reactive ketones (excluding diaryl/α,β-unsaturated/α-hetero) is 1. The lowest BCUT2D eigenvalue weighted by Gasteiger charge is -2.30. The molecule has 1 aromatic heterocycles. The minimum Gasteiger partial charge on any atom is -0.477 e. The van der Waals surface area contributed by atoms with Gasteiger partial charge in [0.25, 0.3) is 0 Å². The summed E-state index contributed by atoms with van der Waals surface area (Å²) in [5.41, 5.74) is 3.40. The third kappa shape index (κ3) is 3.34. The first-order chi connectivity index (χ1) is 14.1. The van der Waals surface area contributed by atoms with E-state index in [0.29, 0.717) is 36.9 Å². The molecule has 2 aromatic carbocycles. The number of carbonyl (C=O) groups excluding carboxylic acids is 1. The highest BCUT2D eigenvalue weighted by atomic mass is 32.1. The molecule has 0 saturated heterocycles. The molecule has 0 saturated carbocycles. The number of fused-ring (bicyclic) bond motifs is 2. The highest BCUT2D eigenvalue weighted by Crippen LogP contribution is 2.43. The Bertz CT molecular complexity index is 1120. The maximum absolute atomic E-state index is 13.1. The SMILES string of the molecule is Cc1c2c(cc3c1O/C(=C\c1cccs1)C3=O)CN(Cc1ccc(F)cc1)CO2. The van der Waals surface area contributed by atoms with Crippen molar-refractivity contribution in [3.63, 3.8) is 0 Å². The van der Waals surface area contributed by atoms with Crippen molar-refractivity contribution < 1.29 is 18.7 Å². The molecule has 3 aromatic rings. The molecule has 5 rings (SSSR count). The molecule has 3 heterocycles. The van der Waals surface area contributed by atoms with Crippen molar-refractivity contribution in [1.82, 2.24) is 4.90 Å². The number of nitrogens with zero attached hydrogens (tertiary/aromatic N) is 1. The van der Waals surface area contributed by atoms with Gasteiger partial charge < -0.3 is 9.47 Å². The molecule has 0 atom stereocenters. The van der Waals surface area contributed by atoms with E-state index in [-0.39, 0.29) is 11.6 Å². The molecule has 2 aliphatic heterocycles. The van der Waals surface area contributed by atoms with Gasteiger partial charge in [0, 0.05) is 35.2 Å². The molecule has 0 aliphatic carbocycles. The van der Waals surface area contributed by atoms with Crippen molar-refractivity contribution in [2.75, 3.05) is 6.73 Å². The molecule has 0 fully saturated rings. The van der Waals surface area contributed by atoms with Gasteiger partial charge in [0.15, 0.2) is 5.76 Å². The van der Waals surface area contributed by atoms with Gasteiger partial charge in [-0.1, -0.05) is 18.2 Å². The Morgan fingerprint density at radius 1 is 1.21 bits per heavy atom. The van der Waals surface area contributed by atoms with Gasteiger partial charge >= 0.3 is 0 Å². The minimum absolute atomic E-state index is 0.102. The topological polar surface area (TPSA) is 38.8 Å². The summed E-state index contributed by atoms with van der Waals surface area (Å²) in [4.78, 5) is 16.0. The Labute approximate surface area is 171 Å². The van der Waals surface area contributed by atoms with Crippen LogP contribution in [0.25, 0.3) is 6.08 Å². The van der Waals surface area contributed by atoms with Crippen molar-refractivity contribution in [2.45, 2.75) is 20.0 Å². The van der Waals surface area contributed by atoms with E-state index in [1.807, 2.05) is 30.5 Å². The average molecular weight is 407 g/mol. The van der Waals surface area contributed by atoms with Crippen LogP contribution in [0.4, 0.5) is 4.39 Å². The minimum atomic E-state index is -0.245. The lowest BCUT2D eigenvalue weighted by molar-refractivity contribution is 0.0876. The number of benzene rings is 2. The van der Waals surface area contributed by atoms with E-state index < -0.39 is 0 Å². The molecule has 0 spiro atoms. The Morgan fingerprint density at radius 2 is 2.03 bits per heavy atom. The van der Waals surface area contributed by atoms with Crippen LogP contribution in [0.5, 0.6) is 11.5 Å². The summed E-state index contributed by atoms with van der Waals surface area (Å²) in [5.74, 6) is 1.36. The molecule has 0 radical (unpaired) electrons. The first-order valence-electron chi connectivity index (χ1n) is 9.32. The third-order valence-electron chi connectivity index (χ3n) is 5.14. The van der Waals surface area contributed by atoms with Gasteiger partial charge in [-0.15, -0.1) is 11.3 Å². The summed E-state index contributed by atoms with van der Waals surface area (Å²) < 4.78 is 25.1. The fourth-order valence-electron chi connectivity index (χ4n) is 3.75. The van der Waals surface area contributed by atoms with Gasteiger partial charge in [-0.2, -0.15) is 0 Å². The standard InChI is InChI=1S/C23H18FNO3S/c1-14-22-16(12-25(13-27-22)11-15-4-6-17(24)7-5-15)9-19-21(26)20(28-23(14)19)10-18-3-2-8-29-18/h2-10H,11-13H2,1H3/b20-10-. The van der Waals surface area contributed by atoms with Crippen LogP contribution < -0.4 is 9.47 Å². The molecule has 146 valence electrons. The number of ketones is 1. The van der Waals surface area contributed by atoms with Crippen molar-refractivity contribution in [2.24, 2.45) is 0 Å². The second-order valence-electron chi connectivity index (χ2n) is 7.21. The van der Waals surface area contributed by atoms with Gasteiger partial charge in [0.2, 0.25) is 5.78 Å². The third-order valence-corrected chi connectivity index (χ3v) is 5.96. The van der Waals surface area contributed by atoms with E-state index in [4.69, 9.17) is 9.47 Å². The predicted molar refractivity (Wildman–Crippen MR) is 110 cm³/mol. The van der Waals surface area contributed by atoms with Gasteiger partial charge in [0.05, 0.1) is 5.56 Å². The monoisotopic (exact) mass is 407 g/mol. The van der Waals surface area contributed by atoms with Gasteiger partial charge in [-0.25, -0.2) is 4.39 Å². The zero-order valence-corrected chi connectivity index (χ0v) is 16.6. The second-order valence-corrected chi connectivity index (χ2v) is 8.19. The molecule has 0 bridgehead atoms. The van der Waals surface area contributed by atoms with E-state index in [1.54, 1.807) is 29.5 Å². The van der Waals surface area contributed by atoms with Crippen LogP contribution in [0.3, 0.4) is 0 Å². The molecule has 29 heavy (non-hydrogen) atoms. The predicted octanol–water partition coefficient (Wildman–Crippen LogP) is 5.16. The van der Waals surface area contributed by atoms with Gasteiger partial charge in [-0.3, -0.25) is 9.69 Å².